The van der Waals surface area contributed by atoms with Crippen LogP contribution >= 0.6 is 0 Å². The van der Waals surface area contributed by atoms with Gasteiger partial charge in [-0.3, -0.25) is 4.79 Å². The Morgan fingerprint density at radius 1 is 1.00 bits per heavy atom. The van der Waals surface area contributed by atoms with Crippen LogP contribution in [0, 0.1) is 11.8 Å². The standard InChI is InChI=1S/C13H22O2/c1-2-3-4-5-6-7-8-9-10-11-12-13(14)15/h2-4,7-12H2,1H3,(H,14,15). The maximum absolute atomic E-state index is 10.2. The quantitative estimate of drug-likeness (QED) is 0.491. The van der Waals surface area contributed by atoms with Crippen molar-refractivity contribution in [2.75, 3.05) is 0 Å². The van der Waals surface area contributed by atoms with Gasteiger partial charge < -0.3 is 5.11 Å². The Kier molecular flexibility index (Phi) is 10.4. The highest BCUT2D eigenvalue weighted by Gasteiger charge is 1.95. The average Bonchev–Trinajstić information content (AvgIpc) is 2.20. The lowest BCUT2D eigenvalue weighted by Crippen LogP contribution is -1.93. The third-order valence-corrected chi connectivity index (χ3v) is 2.22. The van der Waals surface area contributed by atoms with E-state index in [4.69, 9.17) is 5.11 Å². The first kappa shape index (κ1) is 14.0. The van der Waals surface area contributed by atoms with Gasteiger partial charge in [0, 0.05) is 19.3 Å². The fourth-order valence-electron chi connectivity index (χ4n) is 1.29. The average molecular weight is 210 g/mol. The summed E-state index contributed by atoms with van der Waals surface area (Å²) in [6, 6.07) is 0. The lowest BCUT2D eigenvalue weighted by Gasteiger charge is -1.95. The minimum atomic E-state index is -0.686. The summed E-state index contributed by atoms with van der Waals surface area (Å²) in [6.45, 7) is 2.17. The van der Waals surface area contributed by atoms with Gasteiger partial charge in [-0.25, -0.2) is 0 Å². The second-order valence-corrected chi connectivity index (χ2v) is 3.77. The summed E-state index contributed by atoms with van der Waals surface area (Å²) in [6.07, 6.45) is 8.75. The molecule has 2 heteroatoms. The number of carboxylic acid groups (broad SMARTS) is 1. The highest BCUT2D eigenvalue weighted by molar-refractivity contribution is 5.66. The summed E-state index contributed by atoms with van der Waals surface area (Å²) in [5, 5.41) is 8.41. The van der Waals surface area contributed by atoms with Gasteiger partial charge in [0.05, 0.1) is 0 Å². The molecule has 15 heavy (non-hydrogen) atoms. The second kappa shape index (κ2) is 11.1. The van der Waals surface area contributed by atoms with Crippen molar-refractivity contribution in [2.45, 2.75) is 64.7 Å². The molecule has 0 aliphatic rings. The first-order chi connectivity index (χ1) is 7.27. The van der Waals surface area contributed by atoms with Gasteiger partial charge in [-0.05, 0) is 19.3 Å². The van der Waals surface area contributed by atoms with E-state index in [9.17, 15) is 4.79 Å². The third-order valence-electron chi connectivity index (χ3n) is 2.22. The molecule has 0 heterocycles. The fraction of sp³-hybridized carbons (Fsp3) is 0.769. The van der Waals surface area contributed by atoms with Gasteiger partial charge in [0.2, 0.25) is 0 Å². The molecule has 0 fully saturated rings. The normalized spacial score (nSPS) is 9.40. The van der Waals surface area contributed by atoms with Crippen LogP contribution in [0.25, 0.3) is 0 Å². The van der Waals surface area contributed by atoms with Crippen LogP contribution in [0.3, 0.4) is 0 Å². The van der Waals surface area contributed by atoms with Gasteiger partial charge in [0.15, 0.2) is 0 Å². The SMILES string of the molecule is CCCCC#CCCCCCCC(=O)O. The van der Waals surface area contributed by atoms with Gasteiger partial charge in [-0.1, -0.05) is 26.2 Å². The monoisotopic (exact) mass is 210 g/mol. The van der Waals surface area contributed by atoms with Crippen molar-refractivity contribution in [3.63, 3.8) is 0 Å². The summed E-state index contributed by atoms with van der Waals surface area (Å²) in [5.41, 5.74) is 0. The Labute approximate surface area is 93.1 Å². The van der Waals surface area contributed by atoms with Gasteiger partial charge in [0.25, 0.3) is 0 Å². The Balaban J connectivity index is 3.09. The largest absolute Gasteiger partial charge is 0.481 e. The molecule has 0 aromatic carbocycles. The second-order valence-electron chi connectivity index (χ2n) is 3.77. The summed E-state index contributed by atoms with van der Waals surface area (Å²) in [4.78, 5) is 10.2. The lowest BCUT2D eigenvalue weighted by atomic mass is 10.1. The summed E-state index contributed by atoms with van der Waals surface area (Å²) < 4.78 is 0. The van der Waals surface area contributed by atoms with Crippen molar-refractivity contribution < 1.29 is 9.90 Å². The van der Waals surface area contributed by atoms with Crippen LogP contribution in [-0.2, 0) is 4.79 Å². The minimum Gasteiger partial charge on any atom is -0.481 e. The van der Waals surface area contributed by atoms with Gasteiger partial charge in [0.1, 0.15) is 0 Å². The van der Waals surface area contributed by atoms with Gasteiger partial charge >= 0.3 is 5.97 Å². The van der Waals surface area contributed by atoms with Crippen molar-refractivity contribution in [3.05, 3.63) is 0 Å². The summed E-state index contributed by atoms with van der Waals surface area (Å²) in [7, 11) is 0. The maximum Gasteiger partial charge on any atom is 0.303 e. The first-order valence-electron chi connectivity index (χ1n) is 5.95. The van der Waals surface area contributed by atoms with Gasteiger partial charge in [-0.2, -0.15) is 0 Å². The van der Waals surface area contributed by atoms with E-state index in [0.29, 0.717) is 6.42 Å². The molecule has 86 valence electrons. The molecule has 0 amide bonds. The van der Waals surface area contributed by atoms with Crippen LogP contribution in [0.4, 0.5) is 0 Å². The Morgan fingerprint density at radius 2 is 1.60 bits per heavy atom. The number of unbranched alkanes of at least 4 members (excludes halogenated alkanes) is 6. The molecule has 0 unspecified atom stereocenters. The number of rotatable bonds is 8. The number of aliphatic carboxylic acids is 1. The van der Waals surface area contributed by atoms with E-state index < -0.39 is 5.97 Å². The van der Waals surface area contributed by atoms with Crippen molar-refractivity contribution in [1.29, 1.82) is 0 Å². The van der Waals surface area contributed by atoms with Crippen LogP contribution in [0.2, 0.25) is 0 Å². The highest BCUT2D eigenvalue weighted by Crippen LogP contribution is 2.04. The van der Waals surface area contributed by atoms with Gasteiger partial charge in [-0.15, -0.1) is 11.8 Å². The van der Waals surface area contributed by atoms with Crippen LogP contribution < -0.4 is 0 Å². The van der Waals surface area contributed by atoms with Crippen molar-refractivity contribution in [3.8, 4) is 11.8 Å². The predicted molar refractivity (Wildman–Crippen MR) is 62.6 cm³/mol. The number of carbonyl (C=O) groups is 1. The van der Waals surface area contributed by atoms with E-state index in [1.807, 2.05) is 0 Å². The Hall–Kier alpha value is -0.970. The van der Waals surface area contributed by atoms with Crippen molar-refractivity contribution in [2.24, 2.45) is 0 Å². The zero-order chi connectivity index (χ0) is 11.4. The number of carboxylic acids is 1. The molecule has 2 nitrogen and oxygen atoms in total. The lowest BCUT2D eigenvalue weighted by molar-refractivity contribution is -0.137. The Bertz CT molecular complexity index is 210. The van der Waals surface area contributed by atoms with Crippen molar-refractivity contribution in [1.82, 2.24) is 0 Å². The molecular formula is C13H22O2. The van der Waals surface area contributed by atoms with E-state index in [1.165, 1.54) is 12.8 Å². The minimum absolute atomic E-state index is 0.308. The molecule has 0 aromatic rings. The molecule has 0 aliphatic heterocycles. The van der Waals surface area contributed by atoms with E-state index >= 15 is 0 Å². The Morgan fingerprint density at radius 3 is 2.20 bits per heavy atom. The molecule has 0 saturated carbocycles. The molecule has 0 atom stereocenters. The molecule has 0 saturated heterocycles. The van der Waals surface area contributed by atoms with Crippen LogP contribution in [0.1, 0.15) is 64.7 Å². The molecule has 0 aliphatic carbocycles. The molecule has 0 rings (SSSR count). The van der Waals surface area contributed by atoms with E-state index in [0.717, 1.165) is 38.5 Å². The van der Waals surface area contributed by atoms with Crippen LogP contribution in [-0.4, -0.2) is 11.1 Å². The number of hydrogen-bond donors (Lipinski definition) is 1. The molecule has 0 aromatic heterocycles. The van der Waals surface area contributed by atoms with E-state index in [1.54, 1.807) is 0 Å². The maximum atomic E-state index is 10.2. The summed E-state index contributed by atoms with van der Waals surface area (Å²) in [5.74, 6) is 5.62. The molecule has 0 spiro atoms. The van der Waals surface area contributed by atoms with E-state index in [-0.39, 0.29) is 0 Å². The van der Waals surface area contributed by atoms with E-state index in [2.05, 4.69) is 18.8 Å². The molecule has 0 radical (unpaired) electrons. The predicted octanol–water partition coefficient (Wildman–Crippen LogP) is 3.61. The fourth-order valence-corrected chi connectivity index (χ4v) is 1.29. The molecule has 0 bridgehead atoms. The molecular weight excluding hydrogens is 188 g/mol. The molecule has 1 N–H and O–H groups in total. The number of hydrogen-bond acceptors (Lipinski definition) is 1. The van der Waals surface area contributed by atoms with Crippen molar-refractivity contribution >= 4 is 5.97 Å². The van der Waals surface area contributed by atoms with Crippen LogP contribution in [0.5, 0.6) is 0 Å². The third kappa shape index (κ3) is 13.0. The zero-order valence-electron chi connectivity index (χ0n) is 9.72. The first-order valence-corrected chi connectivity index (χ1v) is 5.95. The zero-order valence-corrected chi connectivity index (χ0v) is 9.72. The summed E-state index contributed by atoms with van der Waals surface area (Å²) >= 11 is 0. The smallest absolute Gasteiger partial charge is 0.303 e. The van der Waals surface area contributed by atoms with Crippen LogP contribution in [0.15, 0.2) is 0 Å². The topological polar surface area (TPSA) is 37.3 Å². The highest BCUT2D eigenvalue weighted by atomic mass is 16.4.